The number of rotatable bonds is 5. The number of pyridine rings is 2. The van der Waals surface area contributed by atoms with Crippen LogP contribution in [0.2, 0.25) is 5.02 Å². The van der Waals surface area contributed by atoms with Gasteiger partial charge in [0.2, 0.25) is 11.8 Å². The van der Waals surface area contributed by atoms with Crippen molar-refractivity contribution in [2.45, 2.75) is 64.2 Å². The number of anilines is 1. The van der Waals surface area contributed by atoms with Gasteiger partial charge in [-0.25, -0.2) is 14.8 Å². The molecule has 1 aliphatic carbocycles. The van der Waals surface area contributed by atoms with Crippen LogP contribution >= 0.6 is 11.6 Å². The number of nitrogens with zero attached hydrogens (tertiary/aromatic N) is 6. The maximum Gasteiger partial charge on any atom is 0.439 e. The number of halogens is 4. The first-order valence-corrected chi connectivity index (χ1v) is 13.5. The second-order valence-corrected chi connectivity index (χ2v) is 11.0. The van der Waals surface area contributed by atoms with Crippen LogP contribution in [-0.4, -0.2) is 48.4 Å². The van der Waals surface area contributed by atoms with Gasteiger partial charge in [-0.05, 0) is 49.7 Å². The highest BCUT2D eigenvalue weighted by Crippen LogP contribution is 2.41. The van der Waals surface area contributed by atoms with Gasteiger partial charge in [0.25, 0.3) is 0 Å². The van der Waals surface area contributed by atoms with E-state index < -0.39 is 18.0 Å². The first-order chi connectivity index (χ1) is 18.7. The molecular weight excluding hydrogens is 535 g/mol. The Morgan fingerprint density at radius 3 is 2.62 bits per heavy atom. The molecule has 0 bridgehead atoms. The third kappa shape index (κ3) is 5.02. The summed E-state index contributed by atoms with van der Waals surface area (Å²) in [7, 11) is 0. The summed E-state index contributed by atoms with van der Waals surface area (Å²) < 4.78 is 48.9. The van der Waals surface area contributed by atoms with Gasteiger partial charge in [0, 0.05) is 31.0 Å². The van der Waals surface area contributed by atoms with Gasteiger partial charge in [-0.3, -0.25) is 14.5 Å². The van der Waals surface area contributed by atoms with Crippen molar-refractivity contribution in [3.05, 3.63) is 40.1 Å². The highest BCUT2D eigenvalue weighted by atomic mass is 35.5. The fraction of sp³-hybridized carbons (Fsp3) is 0.500. The van der Waals surface area contributed by atoms with Gasteiger partial charge in [-0.1, -0.05) is 36.5 Å². The van der Waals surface area contributed by atoms with Crippen LogP contribution in [0.1, 0.15) is 45.4 Å². The first kappa shape index (κ1) is 25.8. The molecular formula is C26H27ClF3N7O2. The third-order valence-corrected chi connectivity index (χ3v) is 8.04. The fourth-order valence-corrected chi connectivity index (χ4v) is 6.03. The highest BCUT2D eigenvalue weighted by Gasteiger charge is 2.47. The fourth-order valence-electron chi connectivity index (χ4n) is 5.86. The van der Waals surface area contributed by atoms with E-state index >= 15 is 0 Å². The average Bonchev–Trinajstić information content (AvgIpc) is 3.63. The van der Waals surface area contributed by atoms with Crippen LogP contribution in [0.3, 0.4) is 0 Å². The number of aromatic amines is 1. The standard InChI is InChI=1S/C26H27ClF3N7O2/c1-14-4-6-15(7-5-14)13-37-22-18(33-24(37)36-8-2-3-20(36)26(28,29)30)10-19(23-34-25(38)39-35-23)32-21(22)16-9-17(27)12-31-11-16/h9-12,14-15,20H,2-8,13H2,1H3,(H,34,35,38). The second-order valence-electron chi connectivity index (χ2n) is 10.6. The van der Waals surface area contributed by atoms with Crippen molar-refractivity contribution < 1.29 is 17.7 Å². The second kappa shape index (κ2) is 9.96. The van der Waals surface area contributed by atoms with Gasteiger partial charge >= 0.3 is 11.9 Å². The lowest BCUT2D eigenvalue weighted by molar-refractivity contribution is -0.146. The van der Waals surface area contributed by atoms with Crippen LogP contribution in [0.15, 0.2) is 33.8 Å². The van der Waals surface area contributed by atoms with Gasteiger partial charge in [0.1, 0.15) is 11.7 Å². The van der Waals surface area contributed by atoms with Crippen molar-refractivity contribution in [2.75, 3.05) is 11.4 Å². The van der Waals surface area contributed by atoms with Crippen molar-refractivity contribution in [1.82, 2.24) is 29.7 Å². The number of fused-ring (bicyclic) bond motifs is 1. The van der Waals surface area contributed by atoms with Gasteiger partial charge in [0.05, 0.1) is 21.7 Å². The Balaban J connectivity index is 1.59. The van der Waals surface area contributed by atoms with E-state index in [0.29, 0.717) is 52.1 Å². The Morgan fingerprint density at radius 1 is 1.13 bits per heavy atom. The van der Waals surface area contributed by atoms with Crippen LogP contribution in [0.4, 0.5) is 19.1 Å². The van der Waals surface area contributed by atoms with Gasteiger partial charge < -0.3 is 9.47 Å². The summed E-state index contributed by atoms with van der Waals surface area (Å²) >= 11 is 6.27. The Kier molecular flexibility index (Phi) is 6.60. The number of nitrogens with one attached hydrogen (secondary N) is 1. The molecule has 0 amide bonds. The highest BCUT2D eigenvalue weighted by molar-refractivity contribution is 6.30. The van der Waals surface area contributed by atoms with Crippen molar-refractivity contribution in [2.24, 2.45) is 11.8 Å². The molecule has 6 rings (SSSR count). The summed E-state index contributed by atoms with van der Waals surface area (Å²) in [5.74, 6) is 0.536. The Bertz CT molecular complexity index is 1560. The van der Waals surface area contributed by atoms with E-state index in [-0.39, 0.29) is 30.4 Å². The van der Waals surface area contributed by atoms with Gasteiger partial charge in [-0.2, -0.15) is 13.2 Å². The SMILES string of the molecule is CC1CCC(Cn2c(N3CCCC3C(F)(F)F)nc3cc(-c4noc(=O)[nH]4)nc(-c4cncc(Cl)c4)c32)CC1. The number of hydrogen-bond acceptors (Lipinski definition) is 7. The lowest BCUT2D eigenvalue weighted by Crippen LogP contribution is -2.42. The molecule has 0 spiro atoms. The third-order valence-electron chi connectivity index (χ3n) is 7.83. The van der Waals surface area contributed by atoms with E-state index in [9.17, 15) is 18.0 Å². The predicted molar refractivity (Wildman–Crippen MR) is 139 cm³/mol. The van der Waals surface area contributed by atoms with E-state index in [1.165, 1.54) is 11.1 Å². The molecule has 39 heavy (non-hydrogen) atoms. The molecule has 1 aliphatic heterocycles. The molecule has 206 valence electrons. The van der Waals surface area contributed by atoms with Crippen LogP contribution in [0, 0.1) is 11.8 Å². The van der Waals surface area contributed by atoms with Crippen molar-refractivity contribution >= 4 is 28.6 Å². The Hall–Kier alpha value is -3.41. The van der Waals surface area contributed by atoms with Gasteiger partial charge in [0.15, 0.2) is 0 Å². The molecule has 4 aromatic heterocycles. The minimum Gasteiger partial charge on any atom is -0.330 e. The Labute approximate surface area is 226 Å². The van der Waals surface area contributed by atoms with Crippen molar-refractivity contribution in [3.8, 4) is 22.8 Å². The quantitative estimate of drug-likeness (QED) is 0.326. The van der Waals surface area contributed by atoms with E-state index in [1.807, 2.05) is 4.57 Å². The molecule has 0 aromatic carbocycles. The molecule has 5 heterocycles. The van der Waals surface area contributed by atoms with Crippen LogP contribution in [0.5, 0.6) is 0 Å². The normalized spacial score (nSPS) is 22.2. The summed E-state index contributed by atoms with van der Waals surface area (Å²) in [6.07, 6.45) is 3.27. The van der Waals surface area contributed by atoms with Crippen LogP contribution in [-0.2, 0) is 6.54 Å². The molecule has 1 saturated heterocycles. The number of aromatic nitrogens is 6. The zero-order chi connectivity index (χ0) is 27.3. The molecule has 13 heteroatoms. The number of H-pyrrole nitrogens is 1. The summed E-state index contributed by atoms with van der Waals surface area (Å²) in [5, 5.41) is 4.14. The molecule has 1 N–H and O–H groups in total. The molecule has 9 nitrogen and oxygen atoms in total. The molecule has 1 saturated carbocycles. The van der Waals surface area contributed by atoms with E-state index in [4.69, 9.17) is 21.6 Å². The summed E-state index contributed by atoms with van der Waals surface area (Å²) in [5.41, 5.74) is 2.30. The molecule has 0 radical (unpaired) electrons. The predicted octanol–water partition coefficient (Wildman–Crippen LogP) is 5.85. The maximum atomic E-state index is 14.1. The molecule has 2 fully saturated rings. The molecule has 4 aromatic rings. The molecule has 1 atom stereocenters. The number of imidazole rings is 1. The molecule has 1 unspecified atom stereocenters. The number of hydrogen-bond donors (Lipinski definition) is 1. The first-order valence-electron chi connectivity index (χ1n) is 13.1. The number of alkyl halides is 3. The zero-order valence-corrected chi connectivity index (χ0v) is 22.0. The maximum absolute atomic E-state index is 14.1. The summed E-state index contributed by atoms with van der Waals surface area (Å²) in [6.45, 7) is 3.00. The Morgan fingerprint density at radius 2 is 1.92 bits per heavy atom. The largest absolute Gasteiger partial charge is 0.439 e. The summed E-state index contributed by atoms with van der Waals surface area (Å²) in [6, 6.07) is 1.70. The van der Waals surface area contributed by atoms with E-state index in [1.54, 1.807) is 18.3 Å². The zero-order valence-electron chi connectivity index (χ0n) is 21.2. The smallest absolute Gasteiger partial charge is 0.330 e. The lowest BCUT2D eigenvalue weighted by atomic mass is 9.83. The minimum absolute atomic E-state index is 0.0163. The van der Waals surface area contributed by atoms with Crippen LogP contribution < -0.4 is 10.7 Å². The monoisotopic (exact) mass is 561 g/mol. The molecule has 2 aliphatic rings. The average molecular weight is 562 g/mol. The summed E-state index contributed by atoms with van der Waals surface area (Å²) in [4.78, 5) is 29.3. The minimum atomic E-state index is -4.39. The van der Waals surface area contributed by atoms with E-state index in [0.717, 1.165) is 25.7 Å². The van der Waals surface area contributed by atoms with Crippen molar-refractivity contribution in [1.29, 1.82) is 0 Å². The van der Waals surface area contributed by atoms with Crippen LogP contribution in [0.25, 0.3) is 33.8 Å². The lowest BCUT2D eigenvalue weighted by Gasteiger charge is -2.31. The van der Waals surface area contributed by atoms with Crippen molar-refractivity contribution in [3.63, 3.8) is 0 Å². The van der Waals surface area contributed by atoms with E-state index in [2.05, 4.69) is 26.6 Å². The van der Waals surface area contributed by atoms with Gasteiger partial charge in [-0.15, -0.1) is 0 Å². The topological polar surface area (TPSA) is 106 Å².